The Morgan fingerprint density at radius 2 is 2.05 bits per heavy atom. The molecule has 0 spiro atoms. The second-order valence-corrected chi connectivity index (χ2v) is 5.81. The number of fused-ring (bicyclic) bond motifs is 1. The molecular weight excluding hydrogens is 276 g/mol. The van der Waals surface area contributed by atoms with Gasteiger partial charge in [0.2, 0.25) is 5.91 Å². The molecule has 1 N–H and O–H groups in total. The van der Waals surface area contributed by atoms with Crippen molar-refractivity contribution < 1.29 is 9.53 Å². The van der Waals surface area contributed by atoms with Gasteiger partial charge in [0.15, 0.2) is 0 Å². The highest BCUT2D eigenvalue weighted by molar-refractivity contribution is 5.84. The number of aromatic nitrogens is 1. The molecule has 22 heavy (non-hydrogen) atoms. The Kier molecular flexibility index (Phi) is 4.88. The van der Waals surface area contributed by atoms with Crippen molar-refractivity contribution in [2.24, 2.45) is 5.92 Å². The predicted molar refractivity (Wildman–Crippen MR) is 86.8 cm³/mol. The largest absolute Gasteiger partial charge is 0.491 e. The molecule has 1 fully saturated rings. The first-order valence-electron chi connectivity index (χ1n) is 8.09. The van der Waals surface area contributed by atoms with Gasteiger partial charge in [-0.1, -0.05) is 31.0 Å². The molecule has 0 bridgehead atoms. The first kappa shape index (κ1) is 14.8. The average Bonchev–Trinajstić information content (AvgIpc) is 3.09. The van der Waals surface area contributed by atoms with E-state index in [-0.39, 0.29) is 11.8 Å². The van der Waals surface area contributed by atoms with Gasteiger partial charge in [0.25, 0.3) is 0 Å². The minimum absolute atomic E-state index is 0.212. The SMILES string of the molecule is O=C(NCCCOc1cccc2cccnc12)C1CCCC1. The Morgan fingerprint density at radius 3 is 2.91 bits per heavy atom. The van der Waals surface area contributed by atoms with E-state index in [1.54, 1.807) is 6.20 Å². The van der Waals surface area contributed by atoms with E-state index in [2.05, 4.69) is 10.3 Å². The fraction of sp³-hybridized carbons (Fsp3) is 0.444. The van der Waals surface area contributed by atoms with Gasteiger partial charge in [-0.15, -0.1) is 0 Å². The molecule has 0 saturated heterocycles. The lowest BCUT2D eigenvalue weighted by Crippen LogP contribution is -2.30. The van der Waals surface area contributed by atoms with Crippen LogP contribution in [0.1, 0.15) is 32.1 Å². The number of benzene rings is 1. The predicted octanol–water partition coefficient (Wildman–Crippen LogP) is 3.31. The Labute approximate surface area is 130 Å². The lowest BCUT2D eigenvalue weighted by Gasteiger charge is -2.11. The van der Waals surface area contributed by atoms with Crippen molar-refractivity contribution in [2.75, 3.05) is 13.2 Å². The maximum absolute atomic E-state index is 11.9. The first-order valence-corrected chi connectivity index (χ1v) is 8.09. The molecule has 0 atom stereocenters. The summed E-state index contributed by atoms with van der Waals surface area (Å²) >= 11 is 0. The van der Waals surface area contributed by atoms with E-state index < -0.39 is 0 Å². The minimum Gasteiger partial charge on any atom is -0.491 e. The monoisotopic (exact) mass is 298 g/mol. The summed E-state index contributed by atoms with van der Waals surface area (Å²) < 4.78 is 5.81. The smallest absolute Gasteiger partial charge is 0.223 e. The summed E-state index contributed by atoms with van der Waals surface area (Å²) in [7, 11) is 0. The first-order chi connectivity index (χ1) is 10.8. The number of rotatable bonds is 6. The maximum atomic E-state index is 11.9. The maximum Gasteiger partial charge on any atom is 0.223 e. The van der Waals surface area contributed by atoms with Crippen LogP contribution >= 0.6 is 0 Å². The fourth-order valence-electron chi connectivity index (χ4n) is 2.99. The molecule has 1 aromatic carbocycles. The van der Waals surface area contributed by atoms with Gasteiger partial charge in [-0.25, -0.2) is 0 Å². The number of hydrogen-bond acceptors (Lipinski definition) is 3. The molecule has 3 rings (SSSR count). The van der Waals surface area contributed by atoms with E-state index in [9.17, 15) is 4.79 Å². The number of para-hydroxylation sites is 1. The second-order valence-electron chi connectivity index (χ2n) is 5.81. The van der Waals surface area contributed by atoms with Crippen LogP contribution in [-0.2, 0) is 4.79 Å². The van der Waals surface area contributed by atoms with Crippen LogP contribution in [0, 0.1) is 5.92 Å². The standard InChI is InChI=1S/C18H22N2O2/c21-18(15-6-1-2-7-15)20-12-5-13-22-16-10-3-8-14-9-4-11-19-17(14)16/h3-4,8-11,15H,1-2,5-7,12-13H2,(H,20,21). The van der Waals surface area contributed by atoms with Gasteiger partial charge in [-0.2, -0.15) is 0 Å². The molecule has 4 nitrogen and oxygen atoms in total. The van der Waals surface area contributed by atoms with E-state index in [1.807, 2.05) is 30.3 Å². The zero-order valence-electron chi connectivity index (χ0n) is 12.8. The minimum atomic E-state index is 0.212. The molecule has 2 aromatic rings. The van der Waals surface area contributed by atoms with Crippen molar-refractivity contribution in [3.63, 3.8) is 0 Å². The van der Waals surface area contributed by atoms with E-state index in [4.69, 9.17) is 4.74 Å². The average molecular weight is 298 g/mol. The van der Waals surface area contributed by atoms with Gasteiger partial charge >= 0.3 is 0 Å². The molecule has 1 saturated carbocycles. The van der Waals surface area contributed by atoms with Crippen molar-refractivity contribution in [1.29, 1.82) is 0 Å². The van der Waals surface area contributed by atoms with Crippen molar-refractivity contribution in [3.8, 4) is 5.75 Å². The number of hydrogen-bond donors (Lipinski definition) is 1. The summed E-state index contributed by atoms with van der Waals surface area (Å²) in [6.45, 7) is 1.26. The zero-order chi connectivity index (χ0) is 15.2. The topological polar surface area (TPSA) is 51.2 Å². The molecule has 0 unspecified atom stereocenters. The van der Waals surface area contributed by atoms with Crippen LogP contribution in [-0.4, -0.2) is 24.0 Å². The molecule has 1 aliphatic carbocycles. The number of nitrogens with one attached hydrogen (secondary N) is 1. The highest BCUT2D eigenvalue weighted by Gasteiger charge is 2.21. The Hall–Kier alpha value is -2.10. The third-order valence-electron chi connectivity index (χ3n) is 4.20. The summed E-state index contributed by atoms with van der Waals surface area (Å²) in [5.41, 5.74) is 0.889. The summed E-state index contributed by atoms with van der Waals surface area (Å²) in [6, 6.07) is 9.88. The lowest BCUT2D eigenvalue weighted by atomic mass is 10.1. The van der Waals surface area contributed by atoms with Crippen LogP contribution < -0.4 is 10.1 Å². The molecular formula is C18H22N2O2. The molecule has 4 heteroatoms. The van der Waals surface area contributed by atoms with E-state index in [1.165, 1.54) is 12.8 Å². The third-order valence-corrected chi connectivity index (χ3v) is 4.20. The molecule has 116 valence electrons. The van der Waals surface area contributed by atoms with Gasteiger partial charge in [0.1, 0.15) is 11.3 Å². The normalized spacial score (nSPS) is 15.1. The van der Waals surface area contributed by atoms with Crippen molar-refractivity contribution in [1.82, 2.24) is 10.3 Å². The van der Waals surface area contributed by atoms with Gasteiger partial charge in [-0.05, 0) is 31.4 Å². The van der Waals surface area contributed by atoms with Crippen LogP contribution in [0.2, 0.25) is 0 Å². The van der Waals surface area contributed by atoms with E-state index in [0.29, 0.717) is 13.2 Å². The highest BCUT2D eigenvalue weighted by Crippen LogP contribution is 2.25. The summed E-state index contributed by atoms with van der Waals surface area (Å²) in [5, 5.41) is 4.09. The quantitative estimate of drug-likeness (QED) is 0.832. The lowest BCUT2D eigenvalue weighted by molar-refractivity contribution is -0.124. The number of amides is 1. The van der Waals surface area contributed by atoms with Crippen LogP contribution in [0.5, 0.6) is 5.75 Å². The molecule has 0 aliphatic heterocycles. The van der Waals surface area contributed by atoms with Crippen LogP contribution in [0.3, 0.4) is 0 Å². The van der Waals surface area contributed by atoms with Gasteiger partial charge in [-0.3, -0.25) is 9.78 Å². The highest BCUT2D eigenvalue weighted by atomic mass is 16.5. The number of nitrogens with zero attached hydrogens (tertiary/aromatic N) is 1. The van der Waals surface area contributed by atoms with Crippen molar-refractivity contribution in [3.05, 3.63) is 36.5 Å². The Bertz CT molecular complexity index is 631. The van der Waals surface area contributed by atoms with Crippen molar-refractivity contribution in [2.45, 2.75) is 32.1 Å². The van der Waals surface area contributed by atoms with Crippen LogP contribution in [0.4, 0.5) is 0 Å². The number of carbonyl (C=O) groups is 1. The second kappa shape index (κ2) is 7.25. The van der Waals surface area contributed by atoms with Crippen molar-refractivity contribution >= 4 is 16.8 Å². The van der Waals surface area contributed by atoms with Crippen LogP contribution in [0.15, 0.2) is 36.5 Å². The molecule has 1 amide bonds. The molecule has 1 aliphatic rings. The molecule has 1 aromatic heterocycles. The van der Waals surface area contributed by atoms with Gasteiger partial charge in [0.05, 0.1) is 6.61 Å². The van der Waals surface area contributed by atoms with E-state index in [0.717, 1.165) is 35.9 Å². The summed E-state index contributed by atoms with van der Waals surface area (Å²) in [6.07, 6.45) is 7.05. The van der Waals surface area contributed by atoms with Crippen LogP contribution in [0.25, 0.3) is 10.9 Å². The Balaban J connectivity index is 1.43. The fourth-order valence-corrected chi connectivity index (χ4v) is 2.99. The zero-order valence-corrected chi connectivity index (χ0v) is 12.8. The summed E-state index contributed by atoms with van der Waals surface area (Å²) in [4.78, 5) is 16.3. The third kappa shape index (κ3) is 3.56. The summed E-state index contributed by atoms with van der Waals surface area (Å²) in [5.74, 6) is 1.26. The number of carbonyl (C=O) groups excluding carboxylic acids is 1. The number of ether oxygens (including phenoxy) is 1. The van der Waals surface area contributed by atoms with E-state index >= 15 is 0 Å². The van der Waals surface area contributed by atoms with Gasteiger partial charge in [0, 0.05) is 24.0 Å². The molecule has 1 heterocycles. The molecule has 0 radical (unpaired) electrons. The number of pyridine rings is 1. The Morgan fingerprint density at radius 1 is 1.23 bits per heavy atom. The van der Waals surface area contributed by atoms with Gasteiger partial charge < -0.3 is 10.1 Å².